The molecule has 0 fully saturated rings. The molecular weight excluding hydrogens is 473 g/mol. The SMILES string of the molecule is O=C(CSc1ccc(NC(=S)Nc2ccccc2)cc1)Nc1ccc(Br)cc1F. The highest BCUT2D eigenvalue weighted by Crippen LogP contribution is 2.22. The minimum absolute atomic E-state index is 0.165. The maximum absolute atomic E-state index is 13.8. The van der Waals surface area contributed by atoms with Gasteiger partial charge in [-0.05, 0) is 66.8 Å². The van der Waals surface area contributed by atoms with Crippen LogP contribution in [0.1, 0.15) is 0 Å². The van der Waals surface area contributed by atoms with Crippen LogP contribution >= 0.6 is 39.9 Å². The third-order valence-corrected chi connectivity index (χ3v) is 5.43. The van der Waals surface area contributed by atoms with Gasteiger partial charge in [0.1, 0.15) is 5.82 Å². The average Bonchev–Trinajstić information content (AvgIpc) is 2.70. The van der Waals surface area contributed by atoms with Gasteiger partial charge in [-0.25, -0.2) is 4.39 Å². The van der Waals surface area contributed by atoms with Crippen molar-refractivity contribution in [3.63, 3.8) is 0 Å². The largest absolute Gasteiger partial charge is 0.332 e. The van der Waals surface area contributed by atoms with Gasteiger partial charge < -0.3 is 16.0 Å². The minimum Gasteiger partial charge on any atom is -0.332 e. The van der Waals surface area contributed by atoms with Crippen LogP contribution in [0.5, 0.6) is 0 Å². The van der Waals surface area contributed by atoms with Crippen LogP contribution in [0.3, 0.4) is 0 Å². The zero-order chi connectivity index (χ0) is 20.6. The number of amides is 1. The maximum atomic E-state index is 13.8. The zero-order valence-corrected chi connectivity index (χ0v) is 18.3. The van der Waals surface area contributed by atoms with Gasteiger partial charge in [-0.2, -0.15) is 0 Å². The lowest BCUT2D eigenvalue weighted by Gasteiger charge is -2.11. The molecule has 0 spiro atoms. The van der Waals surface area contributed by atoms with Crippen LogP contribution in [0.15, 0.2) is 82.2 Å². The van der Waals surface area contributed by atoms with Crippen molar-refractivity contribution in [2.24, 2.45) is 0 Å². The van der Waals surface area contributed by atoms with Gasteiger partial charge in [-0.15, -0.1) is 11.8 Å². The molecule has 1 amide bonds. The zero-order valence-electron chi connectivity index (χ0n) is 15.1. The van der Waals surface area contributed by atoms with Crippen molar-refractivity contribution >= 4 is 68.0 Å². The first-order chi connectivity index (χ1) is 14.0. The van der Waals surface area contributed by atoms with Crippen molar-refractivity contribution in [2.75, 3.05) is 21.7 Å². The molecule has 3 N–H and O–H groups in total. The second-order valence-electron chi connectivity index (χ2n) is 5.93. The number of anilines is 3. The van der Waals surface area contributed by atoms with Crippen LogP contribution in [0.2, 0.25) is 0 Å². The van der Waals surface area contributed by atoms with E-state index in [-0.39, 0.29) is 17.3 Å². The van der Waals surface area contributed by atoms with Crippen molar-refractivity contribution in [1.82, 2.24) is 0 Å². The maximum Gasteiger partial charge on any atom is 0.234 e. The number of thiocarbonyl (C=S) groups is 1. The molecule has 0 saturated heterocycles. The number of thioether (sulfide) groups is 1. The van der Waals surface area contributed by atoms with E-state index in [1.165, 1.54) is 23.9 Å². The summed E-state index contributed by atoms with van der Waals surface area (Å²) >= 11 is 9.86. The van der Waals surface area contributed by atoms with Crippen molar-refractivity contribution in [3.8, 4) is 0 Å². The Morgan fingerprint density at radius 3 is 2.24 bits per heavy atom. The summed E-state index contributed by atoms with van der Waals surface area (Å²) in [6.07, 6.45) is 0. The molecule has 3 aromatic rings. The molecule has 4 nitrogen and oxygen atoms in total. The standard InChI is InChI=1S/C21H17BrFN3OS2/c22-14-6-11-19(18(23)12-14)26-20(27)13-29-17-9-7-16(8-10-17)25-21(28)24-15-4-2-1-3-5-15/h1-12H,13H2,(H,26,27)(H2,24,25,28). The highest BCUT2D eigenvalue weighted by atomic mass is 79.9. The first-order valence-electron chi connectivity index (χ1n) is 8.60. The Morgan fingerprint density at radius 2 is 1.59 bits per heavy atom. The summed E-state index contributed by atoms with van der Waals surface area (Å²) in [5.74, 6) is -0.573. The molecule has 3 aromatic carbocycles. The molecule has 0 aliphatic rings. The summed E-state index contributed by atoms with van der Waals surface area (Å²) in [7, 11) is 0. The topological polar surface area (TPSA) is 53.2 Å². The number of hydrogen-bond acceptors (Lipinski definition) is 3. The van der Waals surface area contributed by atoms with Crippen LogP contribution in [0.4, 0.5) is 21.5 Å². The monoisotopic (exact) mass is 489 g/mol. The highest BCUT2D eigenvalue weighted by Gasteiger charge is 2.08. The molecule has 29 heavy (non-hydrogen) atoms. The van der Waals surface area contributed by atoms with Gasteiger partial charge in [0, 0.05) is 20.7 Å². The van der Waals surface area contributed by atoms with Gasteiger partial charge >= 0.3 is 0 Å². The van der Waals surface area contributed by atoms with Gasteiger partial charge in [0.15, 0.2) is 5.11 Å². The molecule has 0 aliphatic heterocycles. The van der Waals surface area contributed by atoms with E-state index in [0.29, 0.717) is 9.59 Å². The van der Waals surface area contributed by atoms with Gasteiger partial charge in [-0.3, -0.25) is 4.79 Å². The van der Waals surface area contributed by atoms with Crippen LogP contribution in [0, 0.1) is 5.82 Å². The lowest BCUT2D eigenvalue weighted by atomic mass is 10.3. The Hall–Kier alpha value is -2.42. The number of benzene rings is 3. The van der Waals surface area contributed by atoms with Crippen molar-refractivity contribution in [1.29, 1.82) is 0 Å². The number of carbonyl (C=O) groups excluding carboxylic acids is 1. The molecule has 0 atom stereocenters. The summed E-state index contributed by atoms with van der Waals surface area (Å²) in [4.78, 5) is 13.0. The molecule has 0 unspecified atom stereocenters. The Bertz CT molecular complexity index is 1000. The van der Waals surface area contributed by atoms with Crippen LogP contribution in [0.25, 0.3) is 0 Å². The fourth-order valence-electron chi connectivity index (χ4n) is 2.38. The number of para-hydroxylation sites is 1. The predicted octanol–water partition coefficient (Wildman–Crippen LogP) is 6.13. The van der Waals surface area contributed by atoms with Gasteiger partial charge in [-0.1, -0.05) is 34.1 Å². The molecule has 0 radical (unpaired) electrons. The highest BCUT2D eigenvalue weighted by molar-refractivity contribution is 9.10. The van der Waals surface area contributed by atoms with Gasteiger partial charge in [0.25, 0.3) is 0 Å². The smallest absolute Gasteiger partial charge is 0.234 e. The average molecular weight is 490 g/mol. The number of nitrogens with one attached hydrogen (secondary N) is 3. The van der Waals surface area contributed by atoms with Crippen molar-refractivity contribution < 1.29 is 9.18 Å². The van der Waals surface area contributed by atoms with Crippen LogP contribution in [-0.2, 0) is 4.79 Å². The summed E-state index contributed by atoms with van der Waals surface area (Å²) in [6.45, 7) is 0. The first-order valence-corrected chi connectivity index (χ1v) is 10.8. The summed E-state index contributed by atoms with van der Waals surface area (Å²) in [6, 6.07) is 21.7. The lowest BCUT2D eigenvalue weighted by Crippen LogP contribution is -2.18. The number of halogens is 2. The molecule has 0 heterocycles. The molecule has 0 saturated carbocycles. The van der Waals surface area contributed by atoms with E-state index >= 15 is 0 Å². The molecule has 3 rings (SSSR count). The lowest BCUT2D eigenvalue weighted by molar-refractivity contribution is -0.113. The normalized spacial score (nSPS) is 10.3. The van der Waals surface area contributed by atoms with E-state index < -0.39 is 5.82 Å². The fourth-order valence-corrected chi connectivity index (χ4v) is 3.64. The second-order valence-corrected chi connectivity index (χ2v) is 8.30. The van der Waals surface area contributed by atoms with E-state index in [0.717, 1.165) is 16.3 Å². The Balaban J connectivity index is 1.47. The summed E-state index contributed by atoms with van der Waals surface area (Å²) < 4.78 is 14.4. The second kappa shape index (κ2) is 10.4. The van der Waals surface area contributed by atoms with Gasteiger partial charge in [0.2, 0.25) is 5.91 Å². The van der Waals surface area contributed by atoms with Crippen molar-refractivity contribution in [2.45, 2.75) is 4.90 Å². The molecule has 0 aromatic heterocycles. The Morgan fingerprint density at radius 1 is 0.931 bits per heavy atom. The third-order valence-electron chi connectivity index (χ3n) is 3.72. The fraction of sp³-hybridized carbons (Fsp3) is 0.0476. The van der Waals surface area contributed by atoms with E-state index in [9.17, 15) is 9.18 Å². The summed E-state index contributed by atoms with van der Waals surface area (Å²) in [5.41, 5.74) is 1.91. The van der Waals surface area contributed by atoms with E-state index in [4.69, 9.17) is 12.2 Å². The number of hydrogen-bond donors (Lipinski definition) is 3. The first kappa shape index (κ1) is 21.3. The molecule has 0 aliphatic carbocycles. The van der Waals surface area contributed by atoms with Crippen molar-refractivity contribution in [3.05, 3.63) is 83.1 Å². The van der Waals surface area contributed by atoms with Crippen LogP contribution < -0.4 is 16.0 Å². The van der Waals surface area contributed by atoms with E-state index in [1.54, 1.807) is 6.07 Å². The molecule has 8 heteroatoms. The van der Waals surface area contributed by atoms with E-state index in [1.807, 2.05) is 54.6 Å². The summed E-state index contributed by atoms with van der Waals surface area (Å²) in [5, 5.41) is 9.29. The van der Waals surface area contributed by atoms with E-state index in [2.05, 4.69) is 31.9 Å². The van der Waals surface area contributed by atoms with Crippen LogP contribution in [-0.4, -0.2) is 16.8 Å². The number of carbonyl (C=O) groups is 1. The molecule has 148 valence electrons. The number of rotatable bonds is 6. The quantitative estimate of drug-likeness (QED) is 0.287. The Labute approximate surface area is 186 Å². The third kappa shape index (κ3) is 6.85. The predicted molar refractivity (Wildman–Crippen MR) is 126 cm³/mol. The van der Waals surface area contributed by atoms with Gasteiger partial charge in [0.05, 0.1) is 11.4 Å². The molecule has 0 bridgehead atoms. The Kier molecular flexibility index (Phi) is 7.62. The minimum atomic E-state index is -0.478. The molecular formula is C21H17BrFN3OS2.